The minimum Gasteiger partial charge on any atom is -0.370 e. The molecular formula is C44H22F6N8. The highest BCUT2D eigenvalue weighted by Gasteiger charge is 2.42. The van der Waals surface area contributed by atoms with E-state index >= 15 is 0 Å². The molecule has 14 heteroatoms. The second-order valence-electron chi connectivity index (χ2n) is 13.2. The largest absolute Gasteiger partial charge is 0.416 e. The van der Waals surface area contributed by atoms with Crippen molar-refractivity contribution in [3.63, 3.8) is 0 Å². The topological polar surface area (TPSA) is 66.8 Å². The number of aromatic nitrogens is 4. The molecule has 0 fully saturated rings. The molecule has 0 amide bonds. The van der Waals surface area contributed by atoms with Crippen molar-refractivity contribution < 1.29 is 26.3 Å². The monoisotopic (exact) mass is 776 g/mol. The van der Waals surface area contributed by atoms with Crippen LogP contribution in [0.2, 0.25) is 0 Å². The van der Waals surface area contributed by atoms with Gasteiger partial charge in [-0.25, -0.2) is 9.97 Å². The maximum Gasteiger partial charge on any atom is 0.416 e. The molecule has 58 heavy (non-hydrogen) atoms. The lowest BCUT2D eigenvalue weighted by atomic mass is 10.0. The molecule has 8 nitrogen and oxygen atoms in total. The fourth-order valence-electron chi connectivity index (χ4n) is 6.93. The number of alkyl halides is 6. The van der Waals surface area contributed by atoms with Crippen molar-refractivity contribution in [1.29, 1.82) is 0 Å². The van der Waals surface area contributed by atoms with Crippen molar-refractivity contribution in [2.45, 2.75) is 12.4 Å². The Hall–Kier alpha value is -7.84. The molecule has 280 valence electrons. The standard InChI is InChI=1S/C44H22F6N8/c1-51-37-38(52-2)56-42-41(55-37)57(33-21-15-25-7-3-5-9-29(25)23-33)39-40(58(42)34-22-16-26-8-4-6-10-30(26)24-34)54-36(28-13-19-32(20-14-28)44(48,49)50)35(53-39)27-11-17-31(18-12-27)43(45,46)47/h3-24H. The van der Waals surface area contributed by atoms with Crippen LogP contribution in [0.25, 0.3) is 53.7 Å². The molecule has 6 aromatic carbocycles. The average Bonchev–Trinajstić information content (AvgIpc) is 3.23. The van der Waals surface area contributed by atoms with E-state index in [1.54, 1.807) is 21.9 Å². The number of fused-ring (bicyclic) bond motifs is 4. The highest BCUT2D eigenvalue weighted by atomic mass is 19.4. The van der Waals surface area contributed by atoms with Gasteiger partial charge in [-0.1, -0.05) is 98.1 Å². The van der Waals surface area contributed by atoms with E-state index in [1.807, 2.05) is 72.8 Å². The summed E-state index contributed by atoms with van der Waals surface area (Å²) >= 11 is 0. The minimum absolute atomic E-state index is 0.0519. The Bertz CT molecular complexity index is 2820. The molecule has 1 aliphatic heterocycles. The molecule has 2 aromatic heterocycles. The number of hydrogen-bond acceptors (Lipinski definition) is 6. The van der Waals surface area contributed by atoms with E-state index in [-0.39, 0.29) is 57.4 Å². The zero-order valence-electron chi connectivity index (χ0n) is 29.5. The van der Waals surface area contributed by atoms with Crippen LogP contribution in [-0.2, 0) is 12.4 Å². The zero-order chi connectivity index (χ0) is 40.3. The number of nitrogens with zero attached hydrogens (tertiary/aromatic N) is 8. The fraction of sp³-hybridized carbons (Fsp3) is 0.0455. The molecule has 9 rings (SSSR count). The summed E-state index contributed by atoms with van der Waals surface area (Å²) in [6.45, 7) is 15.8. The molecule has 0 N–H and O–H groups in total. The quantitative estimate of drug-likeness (QED) is 0.131. The van der Waals surface area contributed by atoms with Crippen LogP contribution in [0, 0.1) is 13.1 Å². The molecule has 0 saturated heterocycles. The summed E-state index contributed by atoms with van der Waals surface area (Å²) in [5.41, 5.74) is -0.348. The van der Waals surface area contributed by atoms with Gasteiger partial charge in [-0.2, -0.15) is 26.3 Å². The van der Waals surface area contributed by atoms with E-state index in [2.05, 4.69) is 19.7 Å². The summed E-state index contributed by atoms with van der Waals surface area (Å²) in [7, 11) is 0. The Morgan fingerprint density at radius 3 is 1.10 bits per heavy atom. The predicted molar refractivity (Wildman–Crippen MR) is 209 cm³/mol. The van der Waals surface area contributed by atoms with Crippen LogP contribution in [0.4, 0.5) is 72.6 Å². The summed E-state index contributed by atoms with van der Waals surface area (Å²) in [6, 6.07) is 34.7. The second-order valence-corrected chi connectivity index (χ2v) is 13.2. The Kier molecular flexibility index (Phi) is 8.29. The third-order valence-electron chi connectivity index (χ3n) is 9.70. The van der Waals surface area contributed by atoms with Gasteiger partial charge in [0, 0.05) is 11.1 Å². The zero-order valence-corrected chi connectivity index (χ0v) is 29.5. The van der Waals surface area contributed by atoms with E-state index in [9.17, 15) is 26.3 Å². The van der Waals surface area contributed by atoms with Crippen LogP contribution in [0.1, 0.15) is 11.1 Å². The SMILES string of the molecule is [C-]#[N+]c1nc2c(nc1[N+]#[C-])N(c1ccc3ccccc3c1)c1nc(-c3ccc(C(F)(F)F)cc3)c(-c3ccc(C(F)(F)F)cc3)nc1N2c1ccc2ccccc2c1. The number of benzene rings is 6. The second kappa shape index (κ2) is 13.4. The molecule has 8 aromatic rings. The van der Waals surface area contributed by atoms with Crippen LogP contribution >= 0.6 is 0 Å². The van der Waals surface area contributed by atoms with Gasteiger partial charge in [-0.15, -0.1) is 9.97 Å². The molecule has 0 spiro atoms. The summed E-state index contributed by atoms with van der Waals surface area (Å²) in [4.78, 5) is 29.8. The van der Waals surface area contributed by atoms with Crippen LogP contribution in [0.15, 0.2) is 133 Å². The Morgan fingerprint density at radius 2 is 0.759 bits per heavy atom. The highest BCUT2D eigenvalue weighted by molar-refractivity contribution is 6.01. The first-order chi connectivity index (χ1) is 27.9. The van der Waals surface area contributed by atoms with Gasteiger partial charge in [0.1, 0.15) is 0 Å². The molecule has 3 heterocycles. The molecule has 0 aliphatic carbocycles. The van der Waals surface area contributed by atoms with Gasteiger partial charge in [0.25, 0.3) is 11.6 Å². The third kappa shape index (κ3) is 6.13. The smallest absolute Gasteiger partial charge is 0.370 e. The van der Waals surface area contributed by atoms with Gasteiger partial charge in [0.05, 0.1) is 33.9 Å². The first kappa shape index (κ1) is 35.8. The maximum atomic E-state index is 13.7. The Balaban J connectivity index is 1.39. The van der Waals surface area contributed by atoms with Gasteiger partial charge in [-0.05, 0) is 70.1 Å². The molecule has 0 saturated carbocycles. The summed E-state index contributed by atoms with van der Waals surface area (Å²) < 4.78 is 82.5. The van der Waals surface area contributed by atoms with Crippen LogP contribution in [0.5, 0.6) is 0 Å². The normalized spacial score (nSPS) is 12.6. The van der Waals surface area contributed by atoms with E-state index in [0.717, 1.165) is 45.8 Å². The van der Waals surface area contributed by atoms with Crippen LogP contribution < -0.4 is 9.80 Å². The van der Waals surface area contributed by atoms with Crippen molar-refractivity contribution in [3.05, 3.63) is 167 Å². The predicted octanol–water partition coefficient (Wildman–Crippen LogP) is 13.3. The van der Waals surface area contributed by atoms with Gasteiger partial charge in [0.15, 0.2) is 11.6 Å². The Labute approximate surface area is 325 Å². The van der Waals surface area contributed by atoms with Crippen LogP contribution in [0.3, 0.4) is 0 Å². The van der Waals surface area contributed by atoms with Crippen molar-refractivity contribution in [3.8, 4) is 22.5 Å². The first-order valence-electron chi connectivity index (χ1n) is 17.4. The molecule has 0 bridgehead atoms. The number of rotatable bonds is 4. The Morgan fingerprint density at radius 1 is 0.414 bits per heavy atom. The van der Waals surface area contributed by atoms with Gasteiger partial charge >= 0.3 is 24.0 Å². The van der Waals surface area contributed by atoms with Gasteiger partial charge in [-0.3, -0.25) is 9.80 Å². The van der Waals surface area contributed by atoms with E-state index in [0.29, 0.717) is 11.4 Å². The lowest BCUT2D eigenvalue weighted by Crippen LogP contribution is -2.28. The maximum absolute atomic E-state index is 13.7. The summed E-state index contributed by atoms with van der Waals surface area (Å²) in [5.74, 6) is -0.129. The first-order valence-corrected chi connectivity index (χ1v) is 17.4. The third-order valence-corrected chi connectivity index (χ3v) is 9.70. The lowest BCUT2D eigenvalue weighted by Gasteiger charge is -2.34. The minimum atomic E-state index is -4.64. The summed E-state index contributed by atoms with van der Waals surface area (Å²) in [6.07, 6.45) is -9.28. The molecule has 0 atom stereocenters. The number of halogens is 6. The van der Waals surface area contributed by atoms with Gasteiger partial charge in [0.2, 0.25) is 0 Å². The van der Waals surface area contributed by atoms with E-state index < -0.39 is 23.5 Å². The van der Waals surface area contributed by atoms with Crippen LogP contribution in [-0.4, -0.2) is 19.9 Å². The number of anilines is 6. The van der Waals surface area contributed by atoms with Crippen molar-refractivity contribution in [1.82, 2.24) is 19.9 Å². The molecular weight excluding hydrogens is 755 g/mol. The molecule has 0 unspecified atom stereocenters. The summed E-state index contributed by atoms with van der Waals surface area (Å²) in [5, 5.41) is 3.47. The molecule has 1 aliphatic rings. The number of hydrogen-bond donors (Lipinski definition) is 0. The lowest BCUT2D eigenvalue weighted by molar-refractivity contribution is -0.138. The average molecular weight is 777 g/mol. The van der Waals surface area contributed by atoms with E-state index in [4.69, 9.17) is 23.1 Å². The van der Waals surface area contributed by atoms with Crippen molar-refractivity contribution in [2.75, 3.05) is 9.80 Å². The van der Waals surface area contributed by atoms with Crippen molar-refractivity contribution >= 4 is 67.8 Å². The fourth-order valence-corrected chi connectivity index (χ4v) is 6.93. The van der Waals surface area contributed by atoms with Gasteiger partial charge < -0.3 is 9.69 Å². The molecule has 0 radical (unpaired) electrons. The van der Waals surface area contributed by atoms with Crippen molar-refractivity contribution in [2.24, 2.45) is 0 Å². The highest BCUT2D eigenvalue weighted by Crippen LogP contribution is 2.54. The van der Waals surface area contributed by atoms with E-state index in [1.165, 1.54) is 24.3 Å².